The molecule has 3 N–H and O–H groups in total. The smallest absolute Gasteiger partial charge is 0.142 e. The van der Waals surface area contributed by atoms with Crippen LogP contribution in [-0.2, 0) is 0 Å². The zero-order valence-electron chi connectivity index (χ0n) is 16.7. The van der Waals surface area contributed by atoms with Crippen molar-refractivity contribution in [2.45, 2.75) is 0 Å². The molecule has 0 radical (unpaired) electrons. The van der Waals surface area contributed by atoms with Crippen molar-refractivity contribution in [3.05, 3.63) is 97.1 Å². The highest BCUT2D eigenvalue weighted by atomic mass is 16.5. The number of ether oxygens (including phenoxy) is 1. The van der Waals surface area contributed by atoms with Gasteiger partial charge in [0, 0.05) is 22.0 Å². The third-order valence-corrected chi connectivity index (χ3v) is 5.51. The molecule has 5 rings (SSSR count). The molecule has 146 valence electrons. The van der Waals surface area contributed by atoms with Gasteiger partial charge in [-0.3, -0.25) is 0 Å². The molecule has 30 heavy (non-hydrogen) atoms. The number of nitrogens with one attached hydrogen (secondary N) is 1. The summed E-state index contributed by atoms with van der Waals surface area (Å²) in [7, 11) is 1.71. The van der Waals surface area contributed by atoms with Gasteiger partial charge >= 0.3 is 0 Å². The van der Waals surface area contributed by atoms with Gasteiger partial charge in [0.15, 0.2) is 0 Å². The third-order valence-electron chi connectivity index (χ3n) is 5.51. The minimum Gasteiger partial charge on any atom is -0.495 e. The predicted octanol–water partition coefficient (Wildman–Crippen LogP) is 6.99. The molecule has 0 fully saturated rings. The number of nitrogen functional groups attached to an aromatic ring is 1. The molecule has 0 aromatic heterocycles. The van der Waals surface area contributed by atoms with Crippen molar-refractivity contribution in [3.8, 4) is 16.9 Å². The maximum atomic E-state index is 5.92. The molecule has 0 heterocycles. The van der Waals surface area contributed by atoms with Crippen LogP contribution in [0.5, 0.6) is 5.75 Å². The number of hydrogen-bond acceptors (Lipinski definition) is 3. The van der Waals surface area contributed by atoms with E-state index in [4.69, 9.17) is 10.5 Å². The van der Waals surface area contributed by atoms with E-state index in [1.807, 2.05) is 18.2 Å². The molecule has 0 spiro atoms. The van der Waals surface area contributed by atoms with Crippen LogP contribution >= 0.6 is 0 Å². The summed E-state index contributed by atoms with van der Waals surface area (Å²) in [5, 5.41) is 8.35. The number of anilines is 3. The highest BCUT2D eigenvalue weighted by Gasteiger charge is 2.14. The van der Waals surface area contributed by atoms with E-state index < -0.39 is 0 Å². The number of nitrogens with two attached hydrogens (primary N) is 1. The Labute approximate surface area is 175 Å². The molecule has 0 aliphatic heterocycles. The highest BCUT2D eigenvalue weighted by molar-refractivity contribution is 6.07. The molecule has 0 amide bonds. The lowest BCUT2D eigenvalue weighted by Gasteiger charge is -2.19. The van der Waals surface area contributed by atoms with Gasteiger partial charge in [-0.25, -0.2) is 0 Å². The van der Waals surface area contributed by atoms with E-state index in [0.717, 1.165) is 50.1 Å². The second-order valence-corrected chi connectivity index (χ2v) is 7.32. The van der Waals surface area contributed by atoms with Gasteiger partial charge in [-0.05, 0) is 34.5 Å². The summed E-state index contributed by atoms with van der Waals surface area (Å²) in [6.45, 7) is 0. The number of methoxy groups -OCH3 is 1. The average Bonchev–Trinajstić information content (AvgIpc) is 2.80. The fraction of sp³-hybridized carbons (Fsp3) is 0.0370. The molecule has 0 bridgehead atoms. The van der Waals surface area contributed by atoms with Crippen LogP contribution in [0.4, 0.5) is 17.1 Å². The highest BCUT2D eigenvalue weighted by Crippen LogP contribution is 2.41. The standard InChI is InChI=1S/C27H22N2O/c1-30-25-17-13-19-7-3-5-9-23(19)27(25)29-26-22-8-4-2-6-18(22)12-16-24(26)20-10-14-21(28)15-11-20/h2-17,29H,28H2,1H3. The zero-order chi connectivity index (χ0) is 20.5. The summed E-state index contributed by atoms with van der Waals surface area (Å²) in [6.07, 6.45) is 0. The normalized spacial score (nSPS) is 11.0. The summed E-state index contributed by atoms with van der Waals surface area (Å²) in [5.74, 6) is 0.810. The summed E-state index contributed by atoms with van der Waals surface area (Å²) in [4.78, 5) is 0. The first-order chi connectivity index (χ1) is 14.7. The van der Waals surface area contributed by atoms with E-state index >= 15 is 0 Å². The SMILES string of the molecule is COc1ccc2ccccc2c1Nc1c(-c2ccc(N)cc2)ccc2ccccc12. The second kappa shape index (κ2) is 7.45. The fourth-order valence-corrected chi connectivity index (χ4v) is 3.99. The molecule has 0 unspecified atom stereocenters. The number of benzene rings is 5. The lowest BCUT2D eigenvalue weighted by atomic mass is 9.97. The van der Waals surface area contributed by atoms with Gasteiger partial charge in [0.25, 0.3) is 0 Å². The van der Waals surface area contributed by atoms with Crippen LogP contribution in [0.2, 0.25) is 0 Å². The van der Waals surface area contributed by atoms with Crippen LogP contribution < -0.4 is 15.8 Å². The van der Waals surface area contributed by atoms with E-state index in [-0.39, 0.29) is 0 Å². The Morgan fingerprint density at radius 2 is 1.23 bits per heavy atom. The second-order valence-electron chi connectivity index (χ2n) is 7.32. The van der Waals surface area contributed by atoms with Crippen molar-refractivity contribution in [2.75, 3.05) is 18.2 Å². The van der Waals surface area contributed by atoms with Gasteiger partial charge < -0.3 is 15.8 Å². The predicted molar refractivity (Wildman–Crippen MR) is 128 cm³/mol. The number of fused-ring (bicyclic) bond motifs is 2. The molecule has 0 saturated carbocycles. The average molecular weight is 390 g/mol. The van der Waals surface area contributed by atoms with E-state index in [2.05, 4.69) is 84.2 Å². The first-order valence-corrected chi connectivity index (χ1v) is 9.95. The maximum Gasteiger partial charge on any atom is 0.142 e. The Hall–Kier alpha value is -3.98. The van der Waals surface area contributed by atoms with Crippen LogP contribution in [0.15, 0.2) is 97.1 Å². The molecule has 0 atom stereocenters. The van der Waals surface area contributed by atoms with E-state index in [9.17, 15) is 0 Å². The minimum atomic E-state index is 0.754. The maximum absolute atomic E-state index is 5.92. The minimum absolute atomic E-state index is 0.754. The first kappa shape index (κ1) is 18.1. The summed E-state index contributed by atoms with van der Waals surface area (Å²) >= 11 is 0. The molecule has 5 aromatic rings. The lowest BCUT2D eigenvalue weighted by molar-refractivity contribution is 0.417. The molecule has 0 saturated heterocycles. The Morgan fingerprint density at radius 3 is 1.90 bits per heavy atom. The molecular weight excluding hydrogens is 368 g/mol. The summed E-state index contributed by atoms with van der Waals surface area (Å²) < 4.78 is 5.72. The van der Waals surface area contributed by atoms with Gasteiger partial charge in [0.05, 0.1) is 18.5 Å². The molecule has 0 aliphatic carbocycles. The summed E-state index contributed by atoms with van der Waals surface area (Å²) in [6, 6.07) is 33.2. The molecule has 3 nitrogen and oxygen atoms in total. The first-order valence-electron chi connectivity index (χ1n) is 9.95. The van der Waals surface area contributed by atoms with Crippen LogP contribution in [0.1, 0.15) is 0 Å². The quantitative estimate of drug-likeness (QED) is 0.325. The van der Waals surface area contributed by atoms with Crippen molar-refractivity contribution in [2.24, 2.45) is 0 Å². The topological polar surface area (TPSA) is 47.3 Å². The van der Waals surface area contributed by atoms with Crippen molar-refractivity contribution < 1.29 is 4.74 Å². The van der Waals surface area contributed by atoms with Crippen LogP contribution in [0.25, 0.3) is 32.7 Å². The molecule has 5 aromatic carbocycles. The van der Waals surface area contributed by atoms with Gasteiger partial charge in [-0.2, -0.15) is 0 Å². The Morgan fingerprint density at radius 1 is 0.633 bits per heavy atom. The lowest BCUT2D eigenvalue weighted by Crippen LogP contribution is -1.99. The van der Waals surface area contributed by atoms with Gasteiger partial charge in [-0.15, -0.1) is 0 Å². The van der Waals surface area contributed by atoms with Crippen LogP contribution in [-0.4, -0.2) is 7.11 Å². The van der Waals surface area contributed by atoms with Gasteiger partial charge in [0.1, 0.15) is 5.75 Å². The molecule has 3 heteroatoms. The monoisotopic (exact) mass is 390 g/mol. The molecular formula is C27H22N2O. The largest absolute Gasteiger partial charge is 0.495 e. The van der Waals surface area contributed by atoms with Crippen molar-refractivity contribution in [1.29, 1.82) is 0 Å². The molecule has 0 aliphatic rings. The fourth-order valence-electron chi connectivity index (χ4n) is 3.99. The van der Waals surface area contributed by atoms with Gasteiger partial charge in [0.2, 0.25) is 0 Å². The van der Waals surface area contributed by atoms with Crippen molar-refractivity contribution in [3.63, 3.8) is 0 Å². The number of rotatable bonds is 4. The van der Waals surface area contributed by atoms with Crippen molar-refractivity contribution >= 4 is 38.6 Å². The van der Waals surface area contributed by atoms with Crippen LogP contribution in [0.3, 0.4) is 0 Å². The Kier molecular flexibility index (Phi) is 4.49. The van der Waals surface area contributed by atoms with E-state index in [1.54, 1.807) is 7.11 Å². The Balaban J connectivity index is 1.78. The van der Waals surface area contributed by atoms with E-state index in [0.29, 0.717) is 0 Å². The summed E-state index contributed by atoms with van der Waals surface area (Å²) in [5.41, 5.74) is 10.9. The van der Waals surface area contributed by atoms with E-state index in [1.165, 1.54) is 5.39 Å². The van der Waals surface area contributed by atoms with Gasteiger partial charge in [-0.1, -0.05) is 78.9 Å². The zero-order valence-corrected chi connectivity index (χ0v) is 16.7. The Bertz CT molecular complexity index is 1360. The number of hydrogen-bond donors (Lipinski definition) is 2. The van der Waals surface area contributed by atoms with Crippen molar-refractivity contribution in [1.82, 2.24) is 0 Å². The third kappa shape index (κ3) is 3.11. The van der Waals surface area contributed by atoms with Crippen LogP contribution in [0, 0.1) is 0 Å².